The van der Waals surface area contributed by atoms with Gasteiger partial charge in [0.15, 0.2) is 0 Å². The lowest BCUT2D eigenvalue weighted by molar-refractivity contribution is 0.0927. The minimum atomic E-state index is -0.164. The molecule has 0 aliphatic heterocycles. The van der Waals surface area contributed by atoms with Crippen molar-refractivity contribution < 1.29 is 4.79 Å². The van der Waals surface area contributed by atoms with Gasteiger partial charge in [0.1, 0.15) is 10.0 Å². The molecule has 1 atom stereocenters. The summed E-state index contributed by atoms with van der Waals surface area (Å²) in [6.07, 6.45) is 5.57. The highest BCUT2D eigenvalue weighted by atomic mass is 32.2. The Hall–Kier alpha value is -2.12. The van der Waals surface area contributed by atoms with Gasteiger partial charge >= 0.3 is 0 Å². The van der Waals surface area contributed by atoms with Crippen LogP contribution in [0, 0.1) is 0 Å². The Kier molecular flexibility index (Phi) is 5.09. The number of hydrogen-bond donors (Lipinski definition) is 1. The maximum absolute atomic E-state index is 12.5. The smallest absolute Gasteiger partial charge is 0.271 e. The van der Waals surface area contributed by atoms with E-state index in [2.05, 4.69) is 15.4 Å². The number of hydrogen-bond acceptors (Lipinski definition) is 5. The zero-order valence-corrected chi connectivity index (χ0v) is 14.2. The van der Waals surface area contributed by atoms with E-state index in [4.69, 9.17) is 0 Å². The van der Waals surface area contributed by atoms with Crippen molar-refractivity contribution in [3.8, 4) is 0 Å². The Labute approximate surface area is 142 Å². The summed E-state index contributed by atoms with van der Waals surface area (Å²) in [5.41, 5.74) is 1.50. The average Bonchev–Trinajstić information content (AvgIpc) is 3.26. The van der Waals surface area contributed by atoms with Crippen LogP contribution in [0.15, 0.2) is 58.5 Å². The number of carbonyl (C=O) groups excluding carboxylic acids is 1. The van der Waals surface area contributed by atoms with Gasteiger partial charge in [-0.25, -0.2) is 4.98 Å². The number of aromatic nitrogens is 3. The van der Waals surface area contributed by atoms with Gasteiger partial charge in [-0.1, -0.05) is 42.1 Å². The molecule has 1 N–H and O–H groups in total. The van der Waals surface area contributed by atoms with E-state index < -0.39 is 0 Å². The van der Waals surface area contributed by atoms with Crippen molar-refractivity contribution in [2.75, 3.05) is 6.26 Å². The molecule has 1 amide bonds. The van der Waals surface area contributed by atoms with Crippen molar-refractivity contribution >= 4 is 29.0 Å². The van der Waals surface area contributed by atoms with Crippen molar-refractivity contribution in [3.63, 3.8) is 0 Å². The summed E-state index contributed by atoms with van der Waals surface area (Å²) in [6.45, 7) is 0.572. The first-order valence-corrected chi connectivity index (χ1v) is 9.19. The second-order valence-corrected chi connectivity index (χ2v) is 6.78. The van der Waals surface area contributed by atoms with Crippen LogP contribution in [0.1, 0.15) is 22.1 Å². The molecule has 118 valence electrons. The predicted molar refractivity (Wildman–Crippen MR) is 92.8 cm³/mol. The number of rotatable bonds is 6. The van der Waals surface area contributed by atoms with E-state index in [1.807, 2.05) is 53.5 Å². The van der Waals surface area contributed by atoms with Crippen molar-refractivity contribution in [1.29, 1.82) is 0 Å². The van der Waals surface area contributed by atoms with E-state index in [1.54, 1.807) is 11.6 Å². The molecule has 0 bridgehead atoms. The summed E-state index contributed by atoms with van der Waals surface area (Å²) >= 11 is 3.02. The molecule has 0 fully saturated rings. The van der Waals surface area contributed by atoms with Gasteiger partial charge in [0, 0.05) is 17.8 Å². The third-order valence-electron chi connectivity index (χ3n) is 3.33. The van der Waals surface area contributed by atoms with Crippen molar-refractivity contribution in [3.05, 3.63) is 65.4 Å². The fourth-order valence-electron chi connectivity index (χ4n) is 2.20. The van der Waals surface area contributed by atoms with Gasteiger partial charge in [0.2, 0.25) is 0 Å². The Morgan fingerprint density at radius 3 is 2.83 bits per heavy atom. The van der Waals surface area contributed by atoms with Gasteiger partial charge in [0.05, 0.1) is 12.6 Å². The molecule has 0 aliphatic carbocycles. The molecule has 0 saturated carbocycles. The number of benzene rings is 1. The molecule has 3 aromatic rings. The fourth-order valence-corrected chi connectivity index (χ4v) is 3.44. The summed E-state index contributed by atoms with van der Waals surface area (Å²) in [7, 11) is 0. The van der Waals surface area contributed by atoms with Gasteiger partial charge in [-0.3, -0.25) is 9.48 Å². The quantitative estimate of drug-likeness (QED) is 0.698. The molecule has 5 nitrogen and oxygen atoms in total. The normalized spacial score (nSPS) is 12.0. The number of nitrogens with zero attached hydrogens (tertiary/aromatic N) is 3. The third-order valence-corrected chi connectivity index (χ3v) is 5.19. The average molecular weight is 344 g/mol. The first-order chi connectivity index (χ1) is 11.3. The Balaban J connectivity index is 1.79. The van der Waals surface area contributed by atoms with Crippen molar-refractivity contribution in [2.45, 2.75) is 16.9 Å². The zero-order chi connectivity index (χ0) is 16.1. The van der Waals surface area contributed by atoms with E-state index in [-0.39, 0.29) is 11.9 Å². The lowest BCUT2D eigenvalue weighted by Crippen LogP contribution is -2.31. The van der Waals surface area contributed by atoms with E-state index in [0.29, 0.717) is 12.2 Å². The number of carbonyl (C=O) groups is 1. The molecule has 2 aromatic heterocycles. The van der Waals surface area contributed by atoms with Crippen LogP contribution < -0.4 is 5.32 Å². The molecule has 0 spiro atoms. The summed E-state index contributed by atoms with van der Waals surface area (Å²) in [5.74, 6) is -0.164. The molecular formula is C16H16N4OS2. The van der Waals surface area contributed by atoms with Crippen molar-refractivity contribution in [2.24, 2.45) is 0 Å². The molecule has 7 heteroatoms. The second-order valence-electron chi connectivity index (χ2n) is 4.87. The van der Waals surface area contributed by atoms with Crippen LogP contribution in [-0.4, -0.2) is 26.9 Å². The molecule has 3 rings (SSSR count). The van der Waals surface area contributed by atoms with Crippen LogP contribution in [0.2, 0.25) is 0 Å². The zero-order valence-electron chi connectivity index (χ0n) is 12.5. The van der Waals surface area contributed by atoms with Crippen LogP contribution >= 0.6 is 23.1 Å². The Bertz CT molecular complexity index is 756. The van der Waals surface area contributed by atoms with Crippen LogP contribution in [0.25, 0.3) is 0 Å². The molecule has 2 heterocycles. The van der Waals surface area contributed by atoms with E-state index in [0.717, 1.165) is 9.90 Å². The minimum Gasteiger partial charge on any atom is -0.342 e. The van der Waals surface area contributed by atoms with Gasteiger partial charge in [-0.15, -0.1) is 11.3 Å². The highest BCUT2D eigenvalue weighted by Crippen LogP contribution is 2.21. The predicted octanol–water partition coefficient (Wildman–Crippen LogP) is 3.23. The van der Waals surface area contributed by atoms with Crippen LogP contribution in [-0.2, 0) is 6.54 Å². The maximum Gasteiger partial charge on any atom is 0.271 e. The van der Waals surface area contributed by atoms with Gasteiger partial charge in [-0.2, -0.15) is 5.10 Å². The molecule has 0 aliphatic rings. The first-order valence-electron chi connectivity index (χ1n) is 7.09. The first kappa shape index (κ1) is 15.8. The largest absolute Gasteiger partial charge is 0.342 e. The summed E-state index contributed by atoms with van der Waals surface area (Å²) in [5, 5.41) is 9.08. The van der Waals surface area contributed by atoms with Crippen LogP contribution in [0.5, 0.6) is 0 Å². The number of nitrogens with one attached hydrogen (secondary N) is 1. The van der Waals surface area contributed by atoms with E-state index >= 15 is 0 Å². The number of amides is 1. The summed E-state index contributed by atoms with van der Waals surface area (Å²) < 4.78 is 2.70. The number of thiazole rings is 1. The molecule has 0 saturated heterocycles. The third kappa shape index (κ3) is 4.00. The molecule has 23 heavy (non-hydrogen) atoms. The fraction of sp³-hybridized carbons (Fsp3) is 0.188. The second kappa shape index (κ2) is 7.43. The topological polar surface area (TPSA) is 59.8 Å². The van der Waals surface area contributed by atoms with E-state index in [9.17, 15) is 4.79 Å². The molecule has 0 unspecified atom stereocenters. The highest BCUT2D eigenvalue weighted by Gasteiger charge is 2.18. The monoisotopic (exact) mass is 344 g/mol. The van der Waals surface area contributed by atoms with Crippen molar-refractivity contribution in [1.82, 2.24) is 20.1 Å². The molecule has 1 aromatic carbocycles. The lowest BCUT2D eigenvalue weighted by atomic mass is 10.1. The SMILES string of the molecule is CSc1nc(C(=O)N[C@@H](Cn2cccn2)c2ccccc2)cs1. The lowest BCUT2D eigenvalue weighted by Gasteiger charge is -2.19. The summed E-state index contributed by atoms with van der Waals surface area (Å²) in [6, 6.07) is 11.6. The number of thioether (sulfide) groups is 1. The Morgan fingerprint density at radius 1 is 1.35 bits per heavy atom. The standard InChI is InChI=1S/C16H16N4OS2/c1-22-16-19-14(11-23-16)15(21)18-13(10-20-9-5-8-17-20)12-6-3-2-4-7-12/h2-9,11,13H,10H2,1H3,(H,18,21)/t13-/m0/s1. The van der Waals surface area contributed by atoms with Gasteiger partial charge < -0.3 is 5.32 Å². The van der Waals surface area contributed by atoms with E-state index in [1.165, 1.54) is 23.1 Å². The molecule has 0 radical (unpaired) electrons. The summed E-state index contributed by atoms with van der Waals surface area (Å²) in [4.78, 5) is 16.8. The van der Waals surface area contributed by atoms with Gasteiger partial charge in [0.25, 0.3) is 5.91 Å². The Morgan fingerprint density at radius 2 is 2.17 bits per heavy atom. The maximum atomic E-state index is 12.5. The van der Waals surface area contributed by atoms with Gasteiger partial charge in [-0.05, 0) is 17.9 Å². The van der Waals surface area contributed by atoms with Crippen LogP contribution in [0.3, 0.4) is 0 Å². The highest BCUT2D eigenvalue weighted by molar-refractivity contribution is 8.00. The minimum absolute atomic E-state index is 0.164. The van der Waals surface area contributed by atoms with Crippen LogP contribution in [0.4, 0.5) is 0 Å². The molecular weight excluding hydrogens is 328 g/mol.